The molecule has 0 atom stereocenters. The molecule has 2 rings (SSSR count). The molecule has 0 unspecified atom stereocenters. The minimum absolute atomic E-state index is 0.0857. The minimum Gasteiger partial charge on any atom is -0.462 e. The summed E-state index contributed by atoms with van der Waals surface area (Å²) >= 11 is 0. The third-order valence-corrected chi connectivity index (χ3v) is 3.63. The molecular formula is C20H22N4O6. The molecule has 0 radical (unpaired) electrons. The first-order chi connectivity index (χ1) is 14.4. The van der Waals surface area contributed by atoms with Crippen molar-refractivity contribution in [2.24, 2.45) is 16.5 Å². The first-order valence-electron chi connectivity index (χ1n) is 8.83. The maximum absolute atomic E-state index is 12.2. The molecule has 30 heavy (non-hydrogen) atoms. The summed E-state index contributed by atoms with van der Waals surface area (Å²) in [7, 11) is 1.49. The largest absolute Gasteiger partial charge is 0.462 e. The van der Waals surface area contributed by atoms with E-state index in [2.05, 4.69) is 10.3 Å². The number of rotatable bonds is 9. The van der Waals surface area contributed by atoms with Gasteiger partial charge in [-0.15, -0.1) is 0 Å². The molecule has 10 nitrogen and oxygen atoms in total. The van der Waals surface area contributed by atoms with Gasteiger partial charge in [0.2, 0.25) is 0 Å². The van der Waals surface area contributed by atoms with Gasteiger partial charge < -0.3 is 31.0 Å². The van der Waals surface area contributed by atoms with Crippen LogP contribution in [0.25, 0.3) is 0 Å². The summed E-state index contributed by atoms with van der Waals surface area (Å²) in [6.45, 7) is 0.123. The number of esters is 2. The van der Waals surface area contributed by atoms with Gasteiger partial charge in [-0.2, -0.15) is 0 Å². The molecule has 5 N–H and O–H groups in total. The molecule has 0 aromatic heterocycles. The molecule has 0 aliphatic rings. The number of methoxy groups -OCH3 is 1. The number of ether oxygens (including phenoxy) is 3. The van der Waals surface area contributed by atoms with Crippen LogP contribution in [0.5, 0.6) is 5.75 Å². The van der Waals surface area contributed by atoms with Crippen molar-refractivity contribution in [2.75, 3.05) is 26.9 Å². The lowest BCUT2D eigenvalue weighted by Gasteiger charge is -2.08. The van der Waals surface area contributed by atoms with E-state index in [0.717, 1.165) is 0 Å². The molecule has 0 saturated heterocycles. The van der Waals surface area contributed by atoms with Crippen LogP contribution in [-0.2, 0) is 14.3 Å². The summed E-state index contributed by atoms with van der Waals surface area (Å²) in [4.78, 5) is 39.6. The number of hydrogen-bond acceptors (Lipinski definition) is 7. The van der Waals surface area contributed by atoms with Crippen molar-refractivity contribution in [3.63, 3.8) is 0 Å². The third-order valence-electron chi connectivity index (χ3n) is 3.63. The molecule has 2 aromatic carbocycles. The lowest BCUT2D eigenvalue weighted by atomic mass is 10.2. The Morgan fingerprint density at radius 1 is 0.933 bits per heavy atom. The predicted molar refractivity (Wildman–Crippen MR) is 108 cm³/mol. The van der Waals surface area contributed by atoms with Crippen molar-refractivity contribution in [1.29, 1.82) is 0 Å². The Morgan fingerprint density at radius 2 is 1.57 bits per heavy atom. The van der Waals surface area contributed by atoms with Crippen LogP contribution in [0.4, 0.5) is 5.69 Å². The van der Waals surface area contributed by atoms with E-state index >= 15 is 0 Å². The first-order valence-corrected chi connectivity index (χ1v) is 8.83. The highest BCUT2D eigenvalue weighted by Crippen LogP contribution is 2.17. The zero-order valence-electron chi connectivity index (χ0n) is 16.3. The number of benzene rings is 2. The normalized spacial score (nSPS) is 10.0. The van der Waals surface area contributed by atoms with Gasteiger partial charge in [-0.3, -0.25) is 9.59 Å². The van der Waals surface area contributed by atoms with Crippen LogP contribution >= 0.6 is 0 Å². The Labute approximate surface area is 172 Å². The molecule has 0 aliphatic carbocycles. The van der Waals surface area contributed by atoms with Crippen molar-refractivity contribution in [3.05, 3.63) is 59.7 Å². The van der Waals surface area contributed by atoms with Crippen molar-refractivity contribution in [1.82, 2.24) is 5.32 Å². The molecule has 1 amide bonds. The lowest BCUT2D eigenvalue weighted by Crippen LogP contribution is -2.31. The number of nitrogens with zero attached hydrogens (tertiary/aromatic N) is 1. The number of nitrogens with one attached hydrogen (secondary N) is 1. The molecule has 158 valence electrons. The zero-order valence-corrected chi connectivity index (χ0v) is 16.3. The van der Waals surface area contributed by atoms with Crippen molar-refractivity contribution in [3.8, 4) is 5.75 Å². The number of aliphatic imine (C=N–C) groups is 1. The molecule has 0 bridgehead atoms. The van der Waals surface area contributed by atoms with E-state index in [9.17, 15) is 14.4 Å². The predicted octanol–water partition coefficient (Wildman–Crippen LogP) is 0.730. The van der Waals surface area contributed by atoms with Crippen LogP contribution in [-0.4, -0.2) is 50.7 Å². The molecule has 10 heteroatoms. The number of guanidine groups is 1. The highest BCUT2D eigenvalue weighted by molar-refractivity contribution is 5.96. The van der Waals surface area contributed by atoms with E-state index in [1.807, 2.05) is 0 Å². The maximum Gasteiger partial charge on any atom is 0.343 e. The van der Waals surface area contributed by atoms with Gasteiger partial charge in [-0.05, 0) is 48.5 Å². The molecule has 0 aliphatic heterocycles. The van der Waals surface area contributed by atoms with Gasteiger partial charge in [0.05, 0.1) is 17.9 Å². The summed E-state index contributed by atoms with van der Waals surface area (Å²) in [5.74, 6) is -1.45. The number of hydrogen-bond donors (Lipinski definition) is 3. The van der Waals surface area contributed by atoms with Gasteiger partial charge in [0.25, 0.3) is 5.91 Å². The fraction of sp³-hybridized carbons (Fsp3) is 0.200. The smallest absolute Gasteiger partial charge is 0.343 e. The van der Waals surface area contributed by atoms with Gasteiger partial charge >= 0.3 is 11.9 Å². The average Bonchev–Trinajstić information content (AvgIpc) is 2.73. The van der Waals surface area contributed by atoms with Gasteiger partial charge in [0.1, 0.15) is 18.9 Å². The Balaban J connectivity index is 1.87. The molecule has 0 saturated carbocycles. The van der Waals surface area contributed by atoms with Gasteiger partial charge in [-0.25, -0.2) is 9.79 Å². The number of nitrogens with two attached hydrogens (primary N) is 2. The van der Waals surface area contributed by atoms with Crippen LogP contribution in [0.1, 0.15) is 20.7 Å². The van der Waals surface area contributed by atoms with Crippen LogP contribution in [0, 0.1) is 0 Å². The topological polar surface area (TPSA) is 155 Å². The number of carbonyl (C=O) groups excluding carboxylic acids is 3. The second kappa shape index (κ2) is 11.2. The zero-order chi connectivity index (χ0) is 21.9. The highest BCUT2D eigenvalue weighted by Gasteiger charge is 2.11. The standard InChI is InChI=1S/C20H22N4O6/c1-28-10-11-29-17(25)12-23-18(26)13-4-8-16(9-5-13)30-19(27)14-2-6-15(7-3-14)24-20(21)22/h2-9H,10-12H2,1H3,(H,23,26)(H4,21,22,24). The number of amides is 1. The fourth-order valence-electron chi connectivity index (χ4n) is 2.21. The van der Waals surface area contributed by atoms with Gasteiger partial charge in [0.15, 0.2) is 5.96 Å². The van der Waals surface area contributed by atoms with E-state index in [1.54, 1.807) is 12.1 Å². The molecular weight excluding hydrogens is 392 g/mol. The summed E-state index contributed by atoms with van der Waals surface area (Å²) in [6, 6.07) is 12.1. The quantitative estimate of drug-likeness (QED) is 0.178. The minimum atomic E-state index is -0.581. The Morgan fingerprint density at radius 3 is 2.17 bits per heavy atom. The Kier molecular flexibility index (Phi) is 8.33. The maximum atomic E-state index is 12.2. The Hall–Kier alpha value is -3.92. The molecule has 0 heterocycles. The van der Waals surface area contributed by atoms with E-state index < -0.39 is 17.8 Å². The highest BCUT2D eigenvalue weighted by atomic mass is 16.6. The Bertz CT molecular complexity index is 906. The average molecular weight is 414 g/mol. The summed E-state index contributed by atoms with van der Waals surface area (Å²) in [5, 5.41) is 2.44. The first kappa shape index (κ1) is 22.4. The van der Waals surface area contributed by atoms with Crippen LogP contribution < -0.4 is 21.5 Å². The van der Waals surface area contributed by atoms with E-state index in [0.29, 0.717) is 16.8 Å². The molecule has 0 spiro atoms. The lowest BCUT2D eigenvalue weighted by molar-refractivity contribution is -0.143. The molecule has 2 aromatic rings. The van der Waals surface area contributed by atoms with Crippen molar-refractivity contribution < 1.29 is 28.6 Å². The summed E-state index contributed by atoms with van der Waals surface area (Å²) in [6.07, 6.45) is 0. The SMILES string of the molecule is COCCOC(=O)CNC(=O)c1ccc(OC(=O)c2ccc(N=C(N)N)cc2)cc1. The van der Waals surface area contributed by atoms with E-state index in [4.69, 9.17) is 25.7 Å². The second-order valence-corrected chi connectivity index (χ2v) is 5.89. The summed E-state index contributed by atoms with van der Waals surface area (Å²) in [5.41, 5.74) is 11.7. The summed E-state index contributed by atoms with van der Waals surface area (Å²) < 4.78 is 14.9. The van der Waals surface area contributed by atoms with Gasteiger partial charge in [0, 0.05) is 12.7 Å². The van der Waals surface area contributed by atoms with Crippen LogP contribution in [0.2, 0.25) is 0 Å². The van der Waals surface area contributed by atoms with E-state index in [-0.39, 0.29) is 31.5 Å². The van der Waals surface area contributed by atoms with Gasteiger partial charge in [-0.1, -0.05) is 0 Å². The molecule has 0 fully saturated rings. The van der Waals surface area contributed by atoms with E-state index in [1.165, 1.54) is 43.5 Å². The van der Waals surface area contributed by atoms with Crippen molar-refractivity contribution in [2.45, 2.75) is 0 Å². The van der Waals surface area contributed by atoms with Crippen LogP contribution in [0.3, 0.4) is 0 Å². The number of carbonyl (C=O) groups is 3. The van der Waals surface area contributed by atoms with Crippen molar-refractivity contribution >= 4 is 29.5 Å². The third kappa shape index (κ3) is 7.24. The second-order valence-electron chi connectivity index (χ2n) is 5.89. The monoisotopic (exact) mass is 414 g/mol. The fourth-order valence-corrected chi connectivity index (χ4v) is 2.21. The van der Waals surface area contributed by atoms with Crippen LogP contribution in [0.15, 0.2) is 53.5 Å².